The number of nitrogens with one attached hydrogen (secondary N) is 1. The van der Waals surface area contributed by atoms with Gasteiger partial charge in [0, 0.05) is 38.3 Å². The van der Waals surface area contributed by atoms with Crippen LogP contribution in [0.4, 0.5) is 0 Å². The number of ketones is 1. The first-order valence-electron chi connectivity index (χ1n) is 9.75. The zero-order valence-electron chi connectivity index (χ0n) is 16.4. The first-order chi connectivity index (χ1) is 12.8. The number of rotatable bonds is 4. The first kappa shape index (κ1) is 19.6. The number of H-pyrrole nitrogens is 1. The fourth-order valence-corrected chi connectivity index (χ4v) is 4.55. The Labute approximate surface area is 159 Å². The van der Waals surface area contributed by atoms with Crippen LogP contribution >= 0.6 is 0 Å². The third-order valence-electron chi connectivity index (χ3n) is 6.07. The van der Waals surface area contributed by atoms with Crippen LogP contribution in [0, 0.1) is 19.8 Å². The van der Waals surface area contributed by atoms with Gasteiger partial charge in [-0.05, 0) is 51.6 Å². The normalized spacial score (nSPS) is 22.0. The van der Waals surface area contributed by atoms with Gasteiger partial charge in [0.2, 0.25) is 0 Å². The Morgan fingerprint density at radius 1 is 1.07 bits per heavy atom. The summed E-state index contributed by atoms with van der Waals surface area (Å²) in [5, 5.41) is 9.28. The van der Waals surface area contributed by atoms with Crippen LogP contribution in [-0.4, -0.2) is 69.8 Å². The van der Waals surface area contributed by atoms with Gasteiger partial charge in [0.25, 0.3) is 5.91 Å². The lowest BCUT2D eigenvalue weighted by Crippen LogP contribution is -2.50. The van der Waals surface area contributed by atoms with Crippen LogP contribution in [0.5, 0.6) is 0 Å². The zero-order chi connectivity index (χ0) is 19.7. The van der Waals surface area contributed by atoms with Crippen LogP contribution in [0.15, 0.2) is 0 Å². The highest BCUT2D eigenvalue weighted by Crippen LogP contribution is 2.26. The van der Waals surface area contributed by atoms with Crippen molar-refractivity contribution in [3.63, 3.8) is 0 Å². The van der Waals surface area contributed by atoms with Gasteiger partial charge in [0.05, 0.1) is 17.2 Å². The molecule has 0 radical (unpaired) electrons. The maximum absolute atomic E-state index is 13.0. The van der Waals surface area contributed by atoms with E-state index in [4.69, 9.17) is 0 Å². The van der Waals surface area contributed by atoms with E-state index < -0.39 is 5.97 Å². The lowest BCUT2D eigenvalue weighted by molar-refractivity contribution is -0.144. The molecule has 1 aromatic rings. The first-order valence-corrected chi connectivity index (χ1v) is 9.75. The number of likely N-dealkylation sites (tertiary alicyclic amines) is 2. The Morgan fingerprint density at radius 3 is 2.30 bits per heavy atom. The predicted octanol–water partition coefficient (Wildman–Crippen LogP) is 2.24. The van der Waals surface area contributed by atoms with Gasteiger partial charge >= 0.3 is 5.97 Å². The topological polar surface area (TPSA) is 93.7 Å². The van der Waals surface area contributed by atoms with Crippen molar-refractivity contribution in [2.45, 2.75) is 52.5 Å². The average Bonchev–Trinajstić information content (AvgIpc) is 2.96. The molecule has 2 aliphatic heterocycles. The standard InChI is InChI=1S/C20H29N3O4/c1-12-17(13(2)21-18(12)14(3)24)19(25)22-9-6-16(7-10-22)23-8-4-5-15(11-23)20(26)27/h15-16,21H,4-11H2,1-3H3,(H,26,27). The molecule has 1 unspecified atom stereocenters. The fraction of sp³-hybridized carbons (Fsp3) is 0.650. The zero-order valence-corrected chi connectivity index (χ0v) is 16.4. The van der Waals surface area contributed by atoms with E-state index in [0.29, 0.717) is 36.9 Å². The summed E-state index contributed by atoms with van der Waals surface area (Å²) < 4.78 is 0. The van der Waals surface area contributed by atoms with Crippen LogP contribution < -0.4 is 0 Å². The molecule has 148 valence electrons. The third-order valence-corrected chi connectivity index (χ3v) is 6.07. The van der Waals surface area contributed by atoms with E-state index in [2.05, 4.69) is 9.88 Å². The second kappa shape index (κ2) is 7.84. The molecule has 27 heavy (non-hydrogen) atoms. The number of carbonyl (C=O) groups excluding carboxylic acids is 2. The molecular weight excluding hydrogens is 346 g/mol. The van der Waals surface area contributed by atoms with Crippen molar-refractivity contribution in [3.05, 3.63) is 22.5 Å². The largest absolute Gasteiger partial charge is 0.481 e. The SMILES string of the molecule is CC(=O)c1[nH]c(C)c(C(=O)N2CCC(N3CCCC(C(=O)O)C3)CC2)c1C. The lowest BCUT2D eigenvalue weighted by atomic mass is 9.93. The molecule has 2 fully saturated rings. The lowest BCUT2D eigenvalue weighted by Gasteiger charge is -2.41. The molecule has 2 N–H and O–H groups in total. The van der Waals surface area contributed by atoms with Crippen molar-refractivity contribution in [1.29, 1.82) is 0 Å². The maximum Gasteiger partial charge on any atom is 0.307 e. The summed E-state index contributed by atoms with van der Waals surface area (Å²) >= 11 is 0. The molecule has 3 heterocycles. The number of piperidine rings is 2. The summed E-state index contributed by atoms with van der Waals surface area (Å²) in [6.45, 7) is 8.04. The Kier molecular flexibility index (Phi) is 5.69. The fourth-order valence-electron chi connectivity index (χ4n) is 4.55. The second-order valence-electron chi connectivity index (χ2n) is 7.88. The van der Waals surface area contributed by atoms with E-state index >= 15 is 0 Å². The monoisotopic (exact) mass is 375 g/mol. The summed E-state index contributed by atoms with van der Waals surface area (Å²) in [5.74, 6) is -1.05. The third kappa shape index (κ3) is 3.93. The second-order valence-corrected chi connectivity index (χ2v) is 7.88. The molecule has 7 heteroatoms. The molecule has 1 atom stereocenters. The molecule has 0 bridgehead atoms. The number of aromatic nitrogens is 1. The summed E-state index contributed by atoms with van der Waals surface area (Å²) in [5.41, 5.74) is 2.60. The van der Waals surface area contributed by atoms with Gasteiger partial charge in [-0.15, -0.1) is 0 Å². The van der Waals surface area contributed by atoms with Gasteiger partial charge in [-0.3, -0.25) is 19.3 Å². The number of nitrogens with zero attached hydrogens (tertiary/aromatic N) is 2. The predicted molar refractivity (Wildman–Crippen MR) is 101 cm³/mol. The van der Waals surface area contributed by atoms with Crippen LogP contribution in [0.2, 0.25) is 0 Å². The summed E-state index contributed by atoms with van der Waals surface area (Å²) in [7, 11) is 0. The Bertz CT molecular complexity index is 747. The van der Waals surface area contributed by atoms with Gasteiger partial charge in [0.1, 0.15) is 0 Å². The van der Waals surface area contributed by atoms with Crippen molar-refractivity contribution >= 4 is 17.7 Å². The van der Waals surface area contributed by atoms with Crippen LogP contribution in [0.25, 0.3) is 0 Å². The van der Waals surface area contributed by atoms with E-state index in [1.807, 2.05) is 18.7 Å². The number of aryl methyl sites for hydroxylation is 1. The molecule has 0 aromatic carbocycles. The molecule has 7 nitrogen and oxygen atoms in total. The minimum Gasteiger partial charge on any atom is -0.481 e. The van der Waals surface area contributed by atoms with Crippen LogP contribution in [0.3, 0.4) is 0 Å². The number of aromatic amines is 1. The molecular formula is C20H29N3O4. The van der Waals surface area contributed by atoms with E-state index in [1.54, 1.807) is 0 Å². The molecule has 1 amide bonds. The molecule has 0 saturated carbocycles. The molecule has 1 aromatic heterocycles. The Morgan fingerprint density at radius 2 is 1.74 bits per heavy atom. The Balaban J connectivity index is 1.63. The van der Waals surface area contributed by atoms with E-state index in [9.17, 15) is 19.5 Å². The minimum atomic E-state index is -0.702. The summed E-state index contributed by atoms with van der Waals surface area (Å²) in [6.07, 6.45) is 3.40. The van der Waals surface area contributed by atoms with Crippen LogP contribution in [-0.2, 0) is 4.79 Å². The number of carboxylic acids is 1. The van der Waals surface area contributed by atoms with Crippen molar-refractivity contribution in [1.82, 2.24) is 14.8 Å². The van der Waals surface area contributed by atoms with E-state index in [0.717, 1.165) is 43.5 Å². The number of hydrogen-bond acceptors (Lipinski definition) is 4. The molecule has 2 aliphatic rings. The van der Waals surface area contributed by atoms with Crippen molar-refractivity contribution in [2.75, 3.05) is 26.2 Å². The van der Waals surface area contributed by atoms with Crippen molar-refractivity contribution in [3.8, 4) is 0 Å². The Hall–Kier alpha value is -2.15. The van der Waals surface area contributed by atoms with Crippen molar-refractivity contribution in [2.24, 2.45) is 5.92 Å². The smallest absolute Gasteiger partial charge is 0.307 e. The molecule has 0 spiro atoms. The number of carboxylic acid groups (broad SMARTS) is 1. The minimum absolute atomic E-state index is 0.0192. The van der Waals surface area contributed by atoms with Gasteiger partial charge < -0.3 is 15.0 Å². The molecule has 3 rings (SSSR count). The number of amides is 1. The number of aliphatic carboxylic acids is 1. The number of carbonyl (C=O) groups is 3. The van der Waals surface area contributed by atoms with E-state index in [1.165, 1.54) is 6.92 Å². The van der Waals surface area contributed by atoms with Gasteiger partial charge in [-0.1, -0.05) is 0 Å². The van der Waals surface area contributed by atoms with Crippen LogP contribution in [0.1, 0.15) is 64.7 Å². The highest BCUT2D eigenvalue weighted by Gasteiger charge is 2.33. The highest BCUT2D eigenvalue weighted by atomic mass is 16.4. The number of hydrogen-bond donors (Lipinski definition) is 2. The van der Waals surface area contributed by atoms with Crippen molar-refractivity contribution < 1.29 is 19.5 Å². The summed E-state index contributed by atoms with van der Waals surface area (Å²) in [6, 6.07) is 0.345. The quantitative estimate of drug-likeness (QED) is 0.787. The van der Waals surface area contributed by atoms with E-state index in [-0.39, 0.29) is 17.6 Å². The van der Waals surface area contributed by atoms with Gasteiger partial charge in [0.15, 0.2) is 5.78 Å². The van der Waals surface area contributed by atoms with Gasteiger partial charge in [-0.2, -0.15) is 0 Å². The molecule has 0 aliphatic carbocycles. The summed E-state index contributed by atoms with van der Waals surface area (Å²) in [4.78, 5) is 43.2. The molecule has 2 saturated heterocycles. The average molecular weight is 375 g/mol. The highest BCUT2D eigenvalue weighted by molar-refractivity contribution is 6.02. The van der Waals surface area contributed by atoms with Gasteiger partial charge in [-0.25, -0.2) is 0 Å². The maximum atomic E-state index is 13.0. The number of Topliss-reactive ketones (excluding diaryl/α,β-unsaturated/α-hetero) is 1.